The van der Waals surface area contributed by atoms with Crippen molar-refractivity contribution in [1.82, 2.24) is 5.32 Å². The van der Waals surface area contributed by atoms with E-state index in [0.717, 1.165) is 0 Å². The van der Waals surface area contributed by atoms with Crippen LogP contribution in [-0.2, 0) is 0 Å². The van der Waals surface area contributed by atoms with E-state index < -0.39 is 0 Å². The van der Waals surface area contributed by atoms with E-state index in [4.69, 9.17) is 0 Å². The fourth-order valence-electron chi connectivity index (χ4n) is 2.55. The second kappa shape index (κ2) is 6.88. The van der Waals surface area contributed by atoms with E-state index >= 15 is 0 Å². The first-order valence-corrected chi connectivity index (χ1v) is 7.95. The van der Waals surface area contributed by atoms with Gasteiger partial charge in [0.25, 0.3) is 0 Å². The average Bonchev–Trinajstić information content (AvgIpc) is 2.92. The highest BCUT2D eigenvalue weighted by molar-refractivity contribution is 7.10. The Morgan fingerprint density at radius 2 is 1.95 bits per heavy atom. The maximum atomic E-state index is 3.79. The highest BCUT2D eigenvalue weighted by Gasteiger charge is 2.16. The average molecular weight is 273 g/mol. The van der Waals surface area contributed by atoms with Gasteiger partial charge in [-0.05, 0) is 42.8 Å². The van der Waals surface area contributed by atoms with Crippen LogP contribution in [0, 0.1) is 6.92 Å². The zero-order chi connectivity index (χ0) is 13.7. The van der Waals surface area contributed by atoms with E-state index in [1.54, 1.807) is 0 Å². The van der Waals surface area contributed by atoms with E-state index in [0.29, 0.717) is 12.1 Å². The predicted octanol–water partition coefficient (Wildman–Crippen LogP) is 5.25. The van der Waals surface area contributed by atoms with Crippen LogP contribution in [0.25, 0.3) is 0 Å². The number of hydrogen-bond donors (Lipinski definition) is 1. The lowest BCUT2D eigenvalue weighted by atomic mass is 10.0. The Morgan fingerprint density at radius 1 is 1.16 bits per heavy atom. The summed E-state index contributed by atoms with van der Waals surface area (Å²) in [4.78, 5) is 1.45. The molecular weight excluding hydrogens is 250 g/mol. The van der Waals surface area contributed by atoms with E-state index in [-0.39, 0.29) is 0 Å². The minimum atomic E-state index is 0.389. The molecule has 0 spiro atoms. The maximum Gasteiger partial charge on any atom is 0.0419 e. The van der Waals surface area contributed by atoms with Gasteiger partial charge >= 0.3 is 0 Å². The van der Waals surface area contributed by atoms with Crippen molar-refractivity contribution in [2.45, 2.75) is 45.7 Å². The molecule has 0 saturated carbocycles. The van der Waals surface area contributed by atoms with Gasteiger partial charge in [0.05, 0.1) is 0 Å². The van der Waals surface area contributed by atoms with Gasteiger partial charge in [-0.3, -0.25) is 0 Å². The molecule has 1 aromatic heterocycles. The molecule has 0 saturated heterocycles. The molecular formula is C17H23NS. The first-order chi connectivity index (χ1) is 9.22. The molecule has 0 amide bonds. The lowest BCUT2D eigenvalue weighted by Crippen LogP contribution is -2.24. The highest BCUT2D eigenvalue weighted by atomic mass is 32.1. The van der Waals surface area contributed by atoms with Crippen molar-refractivity contribution in [1.29, 1.82) is 0 Å². The van der Waals surface area contributed by atoms with Crippen LogP contribution in [-0.4, -0.2) is 0 Å². The number of aryl methyl sites for hydroxylation is 1. The first kappa shape index (κ1) is 14.3. The van der Waals surface area contributed by atoms with Crippen LogP contribution in [0.1, 0.15) is 54.8 Å². The van der Waals surface area contributed by atoms with Crippen LogP contribution in [0.4, 0.5) is 0 Å². The second-order valence-electron chi connectivity index (χ2n) is 5.10. The minimum Gasteiger partial charge on any atom is -0.303 e. The van der Waals surface area contributed by atoms with Crippen LogP contribution >= 0.6 is 11.3 Å². The summed E-state index contributed by atoms with van der Waals surface area (Å²) in [6.07, 6.45) is 2.40. The molecule has 0 aliphatic heterocycles. The molecule has 0 radical (unpaired) electrons. The van der Waals surface area contributed by atoms with Crippen molar-refractivity contribution >= 4 is 11.3 Å². The Kier molecular flexibility index (Phi) is 5.17. The third kappa shape index (κ3) is 3.68. The third-order valence-electron chi connectivity index (χ3n) is 3.57. The largest absolute Gasteiger partial charge is 0.303 e. The van der Waals surface area contributed by atoms with Crippen molar-refractivity contribution in [2.75, 3.05) is 0 Å². The number of thiophene rings is 1. The van der Waals surface area contributed by atoms with Crippen LogP contribution in [0.2, 0.25) is 0 Å². The van der Waals surface area contributed by atoms with Crippen molar-refractivity contribution in [3.8, 4) is 0 Å². The SMILES string of the molecule is CCCC(NC(C)c1ccccc1C)c1cccs1. The number of hydrogen-bond acceptors (Lipinski definition) is 2. The van der Waals surface area contributed by atoms with Crippen LogP contribution in [0.3, 0.4) is 0 Å². The van der Waals surface area contributed by atoms with Gasteiger partial charge in [0.2, 0.25) is 0 Å². The van der Waals surface area contributed by atoms with Gasteiger partial charge in [-0.15, -0.1) is 11.3 Å². The lowest BCUT2D eigenvalue weighted by Gasteiger charge is -2.23. The van der Waals surface area contributed by atoms with Crippen LogP contribution < -0.4 is 5.32 Å². The molecule has 2 heteroatoms. The van der Waals surface area contributed by atoms with Gasteiger partial charge in [0.15, 0.2) is 0 Å². The Hall–Kier alpha value is -1.12. The Morgan fingerprint density at radius 3 is 2.58 bits per heavy atom. The van der Waals surface area contributed by atoms with E-state index in [2.05, 4.69) is 67.9 Å². The molecule has 2 unspecified atom stereocenters. The molecule has 19 heavy (non-hydrogen) atoms. The van der Waals surface area contributed by atoms with Gasteiger partial charge in [0, 0.05) is 17.0 Å². The van der Waals surface area contributed by atoms with Crippen molar-refractivity contribution in [3.05, 3.63) is 57.8 Å². The molecule has 0 aliphatic carbocycles. The molecule has 102 valence electrons. The maximum absolute atomic E-state index is 3.79. The minimum absolute atomic E-state index is 0.389. The summed E-state index contributed by atoms with van der Waals surface area (Å²) in [5, 5.41) is 5.95. The summed E-state index contributed by atoms with van der Waals surface area (Å²) in [7, 11) is 0. The standard InChI is InChI=1S/C17H23NS/c1-4-8-16(17-11-7-12-19-17)18-14(3)15-10-6-5-9-13(15)2/h5-7,9-12,14,16,18H,4,8H2,1-3H3. The topological polar surface area (TPSA) is 12.0 Å². The molecule has 1 nitrogen and oxygen atoms in total. The van der Waals surface area contributed by atoms with Gasteiger partial charge in [-0.1, -0.05) is 43.7 Å². The smallest absolute Gasteiger partial charge is 0.0419 e. The fraction of sp³-hybridized carbons (Fsp3) is 0.412. The summed E-state index contributed by atoms with van der Waals surface area (Å²) in [5.41, 5.74) is 2.77. The summed E-state index contributed by atoms with van der Waals surface area (Å²) < 4.78 is 0. The highest BCUT2D eigenvalue weighted by Crippen LogP contribution is 2.27. The number of nitrogens with one attached hydrogen (secondary N) is 1. The van der Waals surface area contributed by atoms with E-state index in [1.807, 2.05) is 11.3 Å². The molecule has 0 fully saturated rings. The Bertz CT molecular complexity index is 490. The van der Waals surface area contributed by atoms with E-state index in [1.165, 1.54) is 28.8 Å². The number of benzene rings is 1. The van der Waals surface area contributed by atoms with Crippen molar-refractivity contribution in [2.24, 2.45) is 0 Å². The summed E-state index contributed by atoms with van der Waals surface area (Å²) in [6.45, 7) is 6.70. The molecule has 1 N–H and O–H groups in total. The normalized spacial score (nSPS) is 14.3. The lowest BCUT2D eigenvalue weighted by molar-refractivity contribution is 0.444. The quantitative estimate of drug-likeness (QED) is 0.758. The fourth-order valence-corrected chi connectivity index (χ4v) is 3.37. The molecule has 0 bridgehead atoms. The van der Waals surface area contributed by atoms with Crippen LogP contribution in [0.5, 0.6) is 0 Å². The molecule has 1 heterocycles. The number of rotatable bonds is 6. The first-order valence-electron chi connectivity index (χ1n) is 7.07. The van der Waals surface area contributed by atoms with Gasteiger partial charge in [0.1, 0.15) is 0 Å². The van der Waals surface area contributed by atoms with Gasteiger partial charge in [-0.2, -0.15) is 0 Å². The monoisotopic (exact) mass is 273 g/mol. The van der Waals surface area contributed by atoms with Gasteiger partial charge in [-0.25, -0.2) is 0 Å². The molecule has 2 aromatic rings. The Labute approximate surface area is 120 Å². The zero-order valence-corrected chi connectivity index (χ0v) is 12.8. The predicted molar refractivity (Wildman–Crippen MR) is 84.7 cm³/mol. The second-order valence-corrected chi connectivity index (χ2v) is 6.08. The molecule has 2 atom stereocenters. The van der Waals surface area contributed by atoms with E-state index in [9.17, 15) is 0 Å². The Balaban J connectivity index is 2.11. The van der Waals surface area contributed by atoms with Crippen molar-refractivity contribution < 1.29 is 0 Å². The van der Waals surface area contributed by atoms with Crippen LogP contribution in [0.15, 0.2) is 41.8 Å². The summed E-state index contributed by atoms with van der Waals surface area (Å²) in [5.74, 6) is 0. The molecule has 1 aromatic carbocycles. The zero-order valence-electron chi connectivity index (χ0n) is 12.0. The van der Waals surface area contributed by atoms with Crippen molar-refractivity contribution in [3.63, 3.8) is 0 Å². The third-order valence-corrected chi connectivity index (χ3v) is 4.56. The van der Waals surface area contributed by atoms with Gasteiger partial charge < -0.3 is 5.32 Å². The molecule has 0 aliphatic rings. The summed E-state index contributed by atoms with van der Waals surface area (Å²) in [6, 6.07) is 13.9. The summed E-state index contributed by atoms with van der Waals surface area (Å²) >= 11 is 1.85. The molecule has 2 rings (SSSR count).